The molecular formula is C20H21N3O4S. The summed E-state index contributed by atoms with van der Waals surface area (Å²) in [4.78, 5) is 13.6. The van der Waals surface area contributed by atoms with Crippen LogP contribution < -0.4 is 19.5 Å². The highest BCUT2D eigenvalue weighted by Gasteiger charge is 2.31. The molecule has 0 fully saturated rings. The number of thiophene rings is 1. The summed E-state index contributed by atoms with van der Waals surface area (Å²) in [5.41, 5.74) is 1.90. The summed E-state index contributed by atoms with van der Waals surface area (Å²) in [6.07, 6.45) is 2.16. The number of hydrogen-bond donors (Lipinski definition) is 1. The van der Waals surface area contributed by atoms with Crippen LogP contribution in [0.3, 0.4) is 0 Å². The van der Waals surface area contributed by atoms with Crippen molar-refractivity contribution in [3.8, 4) is 17.2 Å². The minimum absolute atomic E-state index is 0.0424. The van der Waals surface area contributed by atoms with E-state index in [1.54, 1.807) is 32.7 Å². The van der Waals surface area contributed by atoms with Gasteiger partial charge in [-0.2, -0.15) is 5.10 Å². The van der Waals surface area contributed by atoms with Crippen molar-refractivity contribution in [2.75, 3.05) is 26.6 Å². The minimum atomic E-state index is -0.144. The van der Waals surface area contributed by atoms with Crippen molar-refractivity contribution in [3.63, 3.8) is 0 Å². The molecular weight excluding hydrogens is 378 g/mol. The number of methoxy groups -OCH3 is 3. The highest BCUT2D eigenvalue weighted by Crippen LogP contribution is 2.44. The van der Waals surface area contributed by atoms with E-state index in [0.29, 0.717) is 30.2 Å². The Balaban J connectivity index is 1.76. The molecule has 1 atom stereocenters. The summed E-state index contributed by atoms with van der Waals surface area (Å²) in [5, 5.41) is 9.53. The largest absolute Gasteiger partial charge is 0.493 e. The van der Waals surface area contributed by atoms with Gasteiger partial charge in [0.25, 0.3) is 0 Å². The lowest BCUT2D eigenvalue weighted by molar-refractivity contribution is -0.116. The number of benzene rings is 1. The Hall–Kier alpha value is -3.00. The lowest BCUT2D eigenvalue weighted by atomic mass is 9.87. The topological polar surface area (TPSA) is 74.6 Å². The van der Waals surface area contributed by atoms with Gasteiger partial charge in [-0.1, -0.05) is 6.07 Å². The van der Waals surface area contributed by atoms with Gasteiger partial charge in [0.1, 0.15) is 5.82 Å². The highest BCUT2D eigenvalue weighted by atomic mass is 32.1. The van der Waals surface area contributed by atoms with Gasteiger partial charge in [0.05, 0.1) is 34.1 Å². The number of hydrogen-bond acceptors (Lipinski definition) is 6. The second-order valence-electron chi connectivity index (χ2n) is 6.45. The van der Waals surface area contributed by atoms with E-state index < -0.39 is 0 Å². The number of anilines is 1. The first-order valence-electron chi connectivity index (χ1n) is 8.82. The number of nitrogens with zero attached hydrogens (tertiary/aromatic N) is 2. The molecule has 1 aliphatic heterocycles. The zero-order valence-corrected chi connectivity index (χ0v) is 16.7. The molecule has 0 radical (unpaired) electrons. The van der Waals surface area contributed by atoms with E-state index in [1.165, 1.54) is 4.88 Å². The first kappa shape index (κ1) is 18.4. The predicted octanol–water partition coefficient (Wildman–Crippen LogP) is 3.49. The maximum absolute atomic E-state index is 12.5. The molecule has 3 aromatic rings. The van der Waals surface area contributed by atoms with Gasteiger partial charge >= 0.3 is 0 Å². The quantitative estimate of drug-likeness (QED) is 0.687. The molecule has 0 unspecified atom stereocenters. The van der Waals surface area contributed by atoms with Crippen LogP contribution in [0.1, 0.15) is 28.3 Å². The van der Waals surface area contributed by atoms with Crippen LogP contribution in [0.5, 0.6) is 17.2 Å². The Kier molecular flexibility index (Phi) is 4.95. The number of ether oxygens (including phenoxy) is 3. The molecule has 1 aromatic carbocycles. The maximum atomic E-state index is 12.5. The van der Waals surface area contributed by atoms with E-state index in [-0.39, 0.29) is 11.8 Å². The van der Waals surface area contributed by atoms with Crippen molar-refractivity contribution in [2.45, 2.75) is 18.9 Å². The Labute approximate surface area is 166 Å². The number of carbonyl (C=O) groups is 1. The van der Waals surface area contributed by atoms with Gasteiger partial charge in [-0.3, -0.25) is 4.79 Å². The number of nitrogens with one attached hydrogen (secondary N) is 1. The van der Waals surface area contributed by atoms with Crippen LogP contribution >= 0.6 is 11.3 Å². The van der Waals surface area contributed by atoms with Gasteiger partial charge in [-0.25, -0.2) is 4.68 Å². The minimum Gasteiger partial charge on any atom is -0.493 e. The summed E-state index contributed by atoms with van der Waals surface area (Å²) in [6.45, 7) is 0.620. The molecule has 0 aliphatic carbocycles. The van der Waals surface area contributed by atoms with Gasteiger partial charge in [0.2, 0.25) is 11.7 Å². The number of carbonyl (C=O) groups excluding carboxylic acids is 1. The van der Waals surface area contributed by atoms with Crippen LogP contribution in [0.4, 0.5) is 5.82 Å². The normalized spacial score (nSPS) is 15.7. The highest BCUT2D eigenvalue weighted by molar-refractivity contribution is 7.09. The lowest BCUT2D eigenvalue weighted by Crippen LogP contribution is -2.25. The smallest absolute Gasteiger partial charge is 0.226 e. The molecule has 1 amide bonds. The Morgan fingerprint density at radius 1 is 1.21 bits per heavy atom. The van der Waals surface area contributed by atoms with Crippen molar-refractivity contribution >= 4 is 23.1 Å². The third-order valence-electron chi connectivity index (χ3n) is 4.87. The van der Waals surface area contributed by atoms with Gasteiger partial charge < -0.3 is 19.5 Å². The van der Waals surface area contributed by atoms with E-state index in [1.807, 2.05) is 34.5 Å². The fraction of sp³-hybridized carbons (Fsp3) is 0.300. The van der Waals surface area contributed by atoms with E-state index >= 15 is 0 Å². The van der Waals surface area contributed by atoms with Gasteiger partial charge in [-0.15, -0.1) is 11.3 Å². The lowest BCUT2D eigenvalue weighted by Gasteiger charge is -2.25. The molecule has 28 heavy (non-hydrogen) atoms. The summed E-state index contributed by atoms with van der Waals surface area (Å²) >= 11 is 1.66. The Morgan fingerprint density at radius 2 is 1.96 bits per heavy atom. The molecule has 0 spiro atoms. The predicted molar refractivity (Wildman–Crippen MR) is 107 cm³/mol. The molecule has 3 heterocycles. The second kappa shape index (κ2) is 7.55. The van der Waals surface area contributed by atoms with Crippen LogP contribution in [-0.4, -0.2) is 37.0 Å². The zero-order valence-electron chi connectivity index (χ0n) is 15.9. The second-order valence-corrected chi connectivity index (χ2v) is 7.48. The molecule has 0 bridgehead atoms. The maximum Gasteiger partial charge on any atom is 0.226 e. The van der Waals surface area contributed by atoms with E-state index in [4.69, 9.17) is 14.2 Å². The molecule has 146 valence electrons. The van der Waals surface area contributed by atoms with E-state index in [2.05, 4.69) is 16.5 Å². The number of fused-ring (bicyclic) bond motifs is 1. The number of aromatic nitrogens is 2. The third-order valence-corrected chi connectivity index (χ3v) is 5.73. The van der Waals surface area contributed by atoms with Crippen LogP contribution in [0, 0.1) is 0 Å². The van der Waals surface area contributed by atoms with E-state index in [0.717, 1.165) is 16.9 Å². The SMILES string of the molecule is COc1cc([C@H]2CC(=O)Nc3c2cnn3Cc2cccs2)cc(OC)c1OC. The Morgan fingerprint density at radius 3 is 2.57 bits per heavy atom. The summed E-state index contributed by atoms with van der Waals surface area (Å²) in [5.74, 6) is 2.21. The summed E-state index contributed by atoms with van der Waals surface area (Å²) in [6, 6.07) is 7.85. The zero-order chi connectivity index (χ0) is 19.7. The first-order chi connectivity index (χ1) is 13.6. The molecule has 4 rings (SSSR count). The Bertz CT molecular complexity index is 972. The molecule has 7 nitrogen and oxygen atoms in total. The third kappa shape index (κ3) is 3.20. The monoisotopic (exact) mass is 399 g/mol. The van der Waals surface area contributed by atoms with Gasteiger partial charge in [-0.05, 0) is 29.1 Å². The van der Waals surface area contributed by atoms with Crippen molar-refractivity contribution < 1.29 is 19.0 Å². The molecule has 1 N–H and O–H groups in total. The van der Waals surface area contributed by atoms with Crippen LogP contribution in [-0.2, 0) is 11.3 Å². The molecule has 0 saturated heterocycles. The molecule has 0 saturated carbocycles. The fourth-order valence-corrected chi connectivity index (χ4v) is 4.23. The van der Waals surface area contributed by atoms with Crippen LogP contribution in [0.25, 0.3) is 0 Å². The molecule has 2 aromatic heterocycles. The number of rotatable bonds is 6. The molecule has 1 aliphatic rings. The standard InChI is InChI=1S/C20H21N3O4S/c1-25-16-7-12(8-17(26-2)19(16)27-3)14-9-18(24)22-20-15(14)10-21-23(20)11-13-5-4-6-28-13/h4-8,10,14H,9,11H2,1-3H3,(H,22,24)/t14-/m1/s1. The van der Waals surface area contributed by atoms with Crippen molar-refractivity contribution in [1.29, 1.82) is 0 Å². The van der Waals surface area contributed by atoms with Crippen molar-refractivity contribution in [3.05, 3.63) is 51.8 Å². The number of amides is 1. The summed E-state index contributed by atoms with van der Waals surface area (Å²) in [7, 11) is 4.74. The average molecular weight is 399 g/mol. The molecule has 8 heteroatoms. The van der Waals surface area contributed by atoms with Crippen LogP contribution in [0.15, 0.2) is 35.8 Å². The first-order valence-corrected chi connectivity index (χ1v) is 9.70. The van der Waals surface area contributed by atoms with Gasteiger partial charge in [0, 0.05) is 22.8 Å². The fourth-order valence-electron chi connectivity index (χ4n) is 3.54. The van der Waals surface area contributed by atoms with E-state index in [9.17, 15) is 4.79 Å². The van der Waals surface area contributed by atoms with Crippen LogP contribution in [0.2, 0.25) is 0 Å². The van der Waals surface area contributed by atoms with Crippen molar-refractivity contribution in [1.82, 2.24) is 9.78 Å². The summed E-state index contributed by atoms with van der Waals surface area (Å²) < 4.78 is 18.2. The average Bonchev–Trinajstić information content (AvgIpc) is 3.37. The van der Waals surface area contributed by atoms with Gasteiger partial charge in [0.15, 0.2) is 11.5 Å². The van der Waals surface area contributed by atoms with Crippen molar-refractivity contribution in [2.24, 2.45) is 0 Å².